The second-order valence-corrected chi connectivity index (χ2v) is 6.36. The molecule has 1 aliphatic rings. The van der Waals surface area contributed by atoms with Crippen LogP contribution in [0.1, 0.15) is 29.1 Å². The van der Waals surface area contributed by atoms with Crippen LogP contribution in [0, 0.1) is 6.92 Å². The molecule has 0 bridgehead atoms. The van der Waals surface area contributed by atoms with Gasteiger partial charge < -0.3 is 10.1 Å². The Balaban J connectivity index is 1.63. The molecule has 0 saturated heterocycles. The molecule has 0 aliphatic heterocycles. The minimum Gasteiger partial charge on any atom is -0.487 e. The van der Waals surface area contributed by atoms with Gasteiger partial charge in [0.25, 0.3) is 0 Å². The lowest BCUT2D eigenvalue weighted by Gasteiger charge is -2.07. The number of nitrogens with one attached hydrogen (secondary N) is 1. The van der Waals surface area contributed by atoms with Gasteiger partial charge in [-0.15, -0.1) is 11.3 Å². The van der Waals surface area contributed by atoms with Gasteiger partial charge in [-0.25, -0.2) is 4.98 Å². The van der Waals surface area contributed by atoms with E-state index in [-0.39, 0.29) is 5.91 Å². The smallest absolute Gasteiger partial charge is 0.244 e. The fourth-order valence-corrected chi connectivity index (χ4v) is 2.62. The fourth-order valence-electron chi connectivity index (χ4n) is 2.02. The molecule has 3 rings (SSSR count). The molecule has 114 valence electrons. The number of hydrogen-bond donors (Lipinski definition) is 1. The maximum atomic E-state index is 11.7. The van der Waals surface area contributed by atoms with Crippen LogP contribution in [0.5, 0.6) is 5.75 Å². The van der Waals surface area contributed by atoms with Crippen molar-refractivity contribution < 1.29 is 9.53 Å². The number of amides is 1. The molecule has 0 radical (unpaired) electrons. The van der Waals surface area contributed by atoms with Gasteiger partial charge in [-0.1, -0.05) is 18.2 Å². The molecular formula is C17H18N2O2S. The number of para-hydroxylation sites is 1. The predicted molar refractivity (Wildman–Crippen MR) is 87.8 cm³/mol. The summed E-state index contributed by atoms with van der Waals surface area (Å²) in [6.07, 6.45) is 5.53. The van der Waals surface area contributed by atoms with Crippen molar-refractivity contribution >= 4 is 23.3 Å². The quantitative estimate of drug-likeness (QED) is 0.832. The van der Waals surface area contributed by atoms with Gasteiger partial charge in [-0.3, -0.25) is 4.79 Å². The Morgan fingerprint density at radius 1 is 1.45 bits per heavy atom. The van der Waals surface area contributed by atoms with Crippen LogP contribution in [0.2, 0.25) is 0 Å². The van der Waals surface area contributed by atoms with E-state index in [0.717, 1.165) is 34.9 Å². The van der Waals surface area contributed by atoms with Crippen molar-refractivity contribution in [3.8, 4) is 5.75 Å². The summed E-state index contributed by atoms with van der Waals surface area (Å²) in [6, 6.07) is 8.05. The highest BCUT2D eigenvalue weighted by Gasteiger charge is 2.22. The van der Waals surface area contributed by atoms with Crippen LogP contribution in [0.3, 0.4) is 0 Å². The molecule has 5 heteroatoms. The highest BCUT2D eigenvalue weighted by Crippen LogP contribution is 2.22. The van der Waals surface area contributed by atoms with Crippen molar-refractivity contribution in [1.82, 2.24) is 10.3 Å². The molecule has 1 aliphatic carbocycles. The van der Waals surface area contributed by atoms with E-state index < -0.39 is 0 Å². The number of rotatable bonds is 6. The maximum Gasteiger partial charge on any atom is 0.244 e. The number of thiazole rings is 1. The summed E-state index contributed by atoms with van der Waals surface area (Å²) in [4.78, 5) is 16.1. The number of ether oxygens (including phenoxy) is 1. The Morgan fingerprint density at radius 3 is 3.00 bits per heavy atom. The number of hydrogen-bond acceptors (Lipinski definition) is 4. The molecule has 1 aromatic carbocycles. The van der Waals surface area contributed by atoms with Crippen molar-refractivity contribution in [3.05, 3.63) is 52.0 Å². The van der Waals surface area contributed by atoms with Gasteiger partial charge in [0.05, 0.1) is 10.7 Å². The molecule has 4 nitrogen and oxygen atoms in total. The Morgan fingerprint density at radius 2 is 2.27 bits per heavy atom. The number of aryl methyl sites for hydroxylation is 1. The van der Waals surface area contributed by atoms with E-state index in [1.54, 1.807) is 23.5 Å². The Hall–Kier alpha value is -2.14. The lowest BCUT2D eigenvalue weighted by molar-refractivity contribution is -0.116. The van der Waals surface area contributed by atoms with Crippen molar-refractivity contribution in [2.75, 3.05) is 0 Å². The van der Waals surface area contributed by atoms with Crippen LogP contribution < -0.4 is 10.1 Å². The standard InChI is InChI=1S/C17H18N2O2S/c1-12-18-15(11-22-12)10-21-16-5-3-2-4-13(16)6-9-17(20)19-14-7-8-14/h2-6,9,11,14H,7-8,10H2,1H3,(H,19,20)/b9-6+. The lowest BCUT2D eigenvalue weighted by Crippen LogP contribution is -2.22. The van der Waals surface area contributed by atoms with Crippen LogP contribution in [0.25, 0.3) is 6.08 Å². The largest absolute Gasteiger partial charge is 0.487 e. The number of benzene rings is 1. The van der Waals surface area contributed by atoms with Gasteiger partial charge in [-0.05, 0) is 31.9 Å². The van der Waals surface area contributed by atoms with Crippen molar-refractivity contribution in [2.45, 2.75) is 32.4 Å². The van der Waals surface area contributed by atoms with Crippen LogP contribution in [0.4, 0.5) is 0 Å². The summed E-state index contributed by atoms with van der Waals surface area (Å²) in [6.45, 7) is 2.41. The van der Waals surface area contributed by atoms with Gasteiger partial charge in [0.15, 0.2) is 0 Å². The predicted octanol–water partition coefficient (Wildman–Crippen LogP) is 3.32. The second kappa shape index (κ2) is 6.75. The average molecular weight is 314 g/mol. The first kappa shape index (κ1) is 14.8. The van der Waals surface area contributed by atoms with E-state index >= 15 is 0 Å². The summed E-state index contributed by atoms with van der Waals surface area (Å²) >= 11 is 1.61. The van der Waals surface area contributed by atoms with Crippen molar-refractivity contribution in [2.24, 2.45) is 0 Å². The van der Waals surface area contributed by atoms with Crippen molar-refractivity contribution in [1.29, 1.82) is 0 Å². The molecule has 1 aromatic heterocycles. The third-order valence-electron chi connectivity index (χ3n) is 3.30. The topological polar surface area (TPSA) is 51.2 Å². The molecule has 1 amide bonds. The van der Waals surface area contributed by atoms with E-state index in [9.17, 15) is 4.79 Å². The summed E-state index contributed by atoms with van der Waals surface area (Å²) in [5.41, 5.74) is 1.81. The van der Waals surface area contributed by atoms with Crippen LogP contribution >= 0.6 is 11.3 Å². The zero-order valence-corrected chi connectivity index (χ0v) is 13.2. The summed E-state index contributed by atoms with van der Waals surface area (Å²) in [7, 11) is 0. The minimum atomic E-state index is -0.0487. The Bertz CT molecular complexity index is 689. The highest BCUT2D eigenvalue weighted by atomic mass is 32.1. The third-order valence-corrected chi connectivity index (χ3v) is 4.12. The summed E-state index contributed by atoms with van der Waals surface area (Å²) in [5, 5.41) is 5.96. The fraction of sp³-hybridized carbons (Fsp3) is 0.294. The maximum absolute atomic E-state index is 11.7. The number of nitrogens with zero attached hydrogens (tertiary/aromatic N) is 1. The van der Waals surface area contributed by atoms with Gasteiger partial charge in [0.2, 0.25) is 5.91 Å². The Kier molecular flexibility index (Phi) is 4.53. The summed E-state index contributed by atoms with van der Waals surface area (Å²) in [5.74, 6) is 0.705. The monoisotopic (exact) mass is 314 g/mol. The molecule has 2 aromatic rings. The van der Waals surface area contributed by atoms with Crippen LogP contribution in [-0.2, 0) is 11.4 Å². The van der Waals surface area contributed by atoms with Crippen LogP contribution in [-0.4, -0.2) is 16.9 Å². The molecule has 0 spiro atoms. The molecule has 1 fully saturated rings. The Labute approximate surface area is 133 Å². The van der Waals surface area contributed by atoms with E-state index in [4.69, 9.17) is 4.74 Å². The first-order valence-electron chi connectivity index (χ1n) is 7.32. The SMILES string of the molecule is Cc1nc(COc2ccccc2/C=C/C(=O)NC2CC2)cs1. The first-order chi connectivity index (χ1) is 10.7. The van der Waals surface area contributed by atoms with E-state index in [1.165, 1.54) is 0 Å². The molecular weight excluding hydrogens is 296 g/mol. The average Bonchev–Trinajstić information content (AvgIpc) is 3.23. The number of carbonyl (C=O) groups excluding carboxylic acids is 1. The molecule has 22 heavy (non-hydrogen) atoms. The number of aromatic nitrogens is 1. The molecule has 1 saturated carbocycles. The summed E-state index contributed by atoms with van der Waals surface area (Å²) < 4.78 is 5.82. The first-order valence-corrected chi connectivity index (χ1v) is 8.20. The molecule has 1 heterocycles. The van der Waals surface area contributed by atoms with Gasteiger partial charge in [0, 0.05) is 23.1 Å². The van der Waals surface area contributed by atoms with Gasteiger partial charge >= 0.3 is 0 Å². The van der Waals surface area contributed by atoms with Crippen LogP contribution in [0.15, 0.2) is 35.7 Å². The minimum absolute atomic E-state index is 0.0487. The van der Waals surface area contributed by atoms with E-state index in [1.807, 2.05) is 36.6 Å². The number of carbonyl (C=O) groups is 1. The third kappa shape index (κ3) is 4.18. The zero-order valence-electron chi connectivity index (χ0n) is 12.4. The molecule has 0 atom stereocenters. The molecule has 0 unspecified atom stereocenters. The van der Waals surface area contributed by atoms with Gasteiger partial charge in [0.1, 0.15) is 12.4 Å². The lowest BCUT2D eigenvalue weighted by atomic mass is 10.2. The zero-order chi connectivity index (χ0) is 15.4. The van der Waals surface area contributed by atoms with E-state index in [2.05, 4.69) is 10.3 Å². The van der Waals surface area contributed by atoms with E-state index in [0.29, 0.717) is 12.6 Å². The second-order valence-electron chi connectivity index (χ2n) is 5.30. The molecule has 1 N–H and O–H groups in total. The highest BCUT2D eigenvalue weighted by molar-refractivity contribution is 7.09. The van der Waals surface area contributed by atoms with Crippen molar-refractivity contribution in [3.63, 3.8) is 0 Å². The normalized spacial score (nSPS) is 14.2. The van der Waals surface area contributed by atoms with Gasteiger partial charge in [-0.2, -0.15) is 0 Å².